The summed E-state index contributed by atoms with van der Waals surface area (Å²) < 4.78 is 0. The lowest BCUT2D eigenvalue weighted by atomic mass is 10.1. The fourth-order valence-electron chi connectivity index (χ4n) is 2.70. The van der Waals surface area contributed by atoms with Gasteiger partial charge in [0.2, 0.25) is 0 Å². The monoisotopic (exact) mass is 269 g/mol. The van der Waals surface area contributed by atoms with Gasteiger partial charge in [0.1, 0.15) is 11.6 Å². The van der Waals surface area contributed by atoms with E-state index in [9.17, 15) is 0 Å². The number of pyridine rings is 1. The fraction of sp³-hybridized carbons (Fsp3) is 0.400. The molecule has 0 aromatic carbocycles. The topological polar surface area (TPSA) is 76.7 Å². The molecule has 1 aliphatic carbocycles. The van der Waals surface area contributed by atoms with Gasteiger partial charge in [-0.05, 0) is 43.4 Å². The number of anilines is 1. The number of aryl methyl sites for hydroxylation is 1. The van der Waals surface area contributed by atoms with Gasteiger partial charge in [-0.15, -0.1) is 0 Å². The number of nitrogens with one attached hydrogen (secondary N) is 1. The molecule has 5 nitrogen and oxygen atoms in total. The molecule has 0 fully saturated rings. The number of hydrazine groups is 1. The highest BCUT2D eigenvalue weighted by molar-refractivity contribution is 5.46. The molecule has 20 heavy (non-hydrogen) atoms. The summed E-state index contributed by atoms with van der Waals surface area (Å²) in [4.78, 5) is 13.4. The first kappa shape index (κ1) is 13.0. The van der Waals surface area contributed by atoms with Gasteiger partial charge in [0.25, 0.3) is 0 Å². The molecule has 0 radical (unpaired) electrons. The first-order chi connectivity index (χ1) is 9.86. The van der Waals surface area contributed by atoms with E-state index in [2.05, 4.69) is 15.4 Å². The van der Waals surface area contributed by atoms with Gasteiger partial charge in [0.05, 0.1) is 0 Å². The number of hydrogen-bond acceptors (Lipinski definition) is 5. The SMILES string of the molecule is NNc1nc(Cc2ccncc2)nc2c1CCCCC2. The second-order valence-electron chi connectivity index (χ2n) is 5.15. The third-order valence-electron chi connectivity index (χ3n) is 3.73. The Morgan fingerprint density at radius 2 is 1.85 bits per heavy atom. The van der Waals surface area contributed by atoms with Crippen molar-refractivity contribution < 1.29 is 0 Å². The first-order valence-electron chi connectivity index (χ1n) is 7.11. The third-order valence-corrected chi connectivity index (χ3v) is 3.73. The van der Waals surface area contributed by atoms with Crippen LogP contribution in [0.3, 0.4) is 0 Å². The molecule has 5 heteroatoms. The van der Waals surface area contributed by atoms with Gasteiger partial charge in [-0.3, -0.25) is 4.98 Å². The summed E-state index contributed by atoms with van der Waals surface area (Å²) in [5.74, 6) is 7.25. The molecule has 0 bridgehead atoms. The quantitative estimate of drug-likeness (QED) is 0.506. The smallest absolute Gasteiger partial charge is 0.147 e. The summed E-state index contributed by atoms with van der Waals surface area (Å²) >= 11 is 0. The Morgan fingerprint density at radius 1 is 1.05 bits per heavy atom. The minimum absolute atomic E-state index is 0.713. The number of nitrogen functional groups attached to an aromatic ring is 1. The van der Waals surface area contributed by atoms with Crippen LogP contribution in [0.25, 0.3) is 0 Å². The maximum atomic E-state index is 5.64. The highest BCUT2D eigenvalue weighted by Crippen LogP contribution is 2.24. The van der Waals surface area contributed by atoms with Gasteiger partial charge >= 0.3 is 0 Å². The van der Waals surface area contributed by atoms with E-state index in [-0.39, 0.29) is 0 Å². The van der Waals surface area contributed by atoms with Crippen LogP contribution in [-0.4, -0.2) is 15.0 Å². The zero-order valence-corrected chi connectivity index (χ0v) is 11.5. The van der Waals surface area contributed by atoms with Gasteiger partial charge in [-0.2, -0.15) is 0 Å². The number of hydrogen-bond donors (Lipinski definition) is 2. The highest BCUT2D eigenvalue weighted by Gasteiger charge is 2.16. The lowest BCUT2D eigenvalue weighted by Crippen LogP contribution is -2.15. The van der Waals surface area contributed by atoms with E-state index < -0.39 is 0 Å². The lowest BCUT2D eigenvalue weighted by Gasteiger charge is -2.12. The van der Waals surface area contributed by atoms with Crippen LogP contribution in [0.4, 0.5) is 5.82 Å². The molecule has 0 unspecified atom stereocenters. The zero-order valence-electron chi connectivity index (χ0n) is 11.5. The average Bonchev–Trinajstić information content (AvgIpc) is 2.73. The van der Waals surface area contributed by atoms with E-state index in [1.807, 2.05) is 12.1 Å². The Bertz CT molecular complexity index is 582. The van der Waals surface area contributed by atoms with E-state index in [4.69, 9.17) is 10.8 Å². The third kappa shape index (κ3) is 2.77. The Kier molecular flexibility index (Phi) is 3.87. The summed E-state index contributed by atoms with van der Waals surface area (Å²) in [6, 6.07) is 3.98. The second kappa shape index (κ2) is 5.96. The normalized spacial score (nSPS) is 14.4. The van der Waals surface area contributed by atoms with E-state index >= 15 is 0 Å². The summed E-state index contributed by atoms with van der Waals surface area (Å²) in [5, 5.41) is 0. The van der Waals surface area contributed by atoms with Crippen LogP contribution >= 0.6 is 0 Å². The Balaban J connectivity index is 1.94. The molecule has 0 aliphatic heterocycles. The van der Waals surface area contributed by atoms with Crippen molar-refractivity contribution in [3.63, 3.8) is 0 Å². The summed E-state index contributed by atoms with van der Waals surface area (Å²) in [7, 11) is 0. The number of nitrogens with zero attached hydrogens (tertiary/aromatic N) is 3. The van der Waals surface area contributed by atoms with Crippen molar-refractivity contribution >= 4 is 5.82 Å². The Hall–Kier alpha value is -2.01. The van der Waals surface area contributed by atoms with Crippen LogP contribution in [0, 0.1) is 0 Å². The lowest BCUT2D eigenvalue weighted by molar-refractivity contribution is 0.708. The zero-order chi connectivity index (χ0) is 13.8. The molecule has 2 aromatic rings. The number of nitrogens with two attached hydrogens (primary N) is 1. The number of rotatable bonds is 3. The van der Waals surface area contributed by atoms with E-state index in [0.717, 1.165) is 35.7 Å². The second-order valence-corrected chi connectivity index (χ2v) is 5.15. The Labute approximate surface area is 118 Å². The van der Waals surface area contributed by atoms with Crippen molar-refractivity contribution in [1.82, 2.24) is 15.0 Å². The van der Waals surface area contributed by atoms with Crippen LogP contribution in [0.2, 0.25) is 0 Å². The summed E-state index contributed by atoms with van der Waals surface area (Å²) in [6.07, 6.45) is 9.98. The van der Waals surface area contributed by atoms with Crippen molar-refractivity contribution in [1.29, 1.82) is 0 Å². The number of aromatic nitrogens is 3. The molecule has 0 amide bonds. The van der Waals surface area contributed by atoms with Crippen LogP contribution in [0.5, 0.6) is 0 Å². The molecule has 1 aliphatic rings. The predicted molar refractivity (Wildman–Crippen MR) is 78.1 cm³/mol. The standard InChI is InChI=1S/C15H19N5/c16-20-15-12-4-2-1-3-5-13(12)18-14(19-15)10-11-6-8-17-9-7-11/h6-9H,1-5,10,16H2,(H,18,19,20). The van der Waals surface area contributed by atoms with Gasteiger partial charge in [-0.25, -0.2) is 15.8 Å². The van der Waals surface area contributed by atoms with Crippen molar-refractivity contribution in [2.45, 2.75) is 38.5 Å². The van der Waals surface area contributed by atoms with E-state index in [1.54, 1.807) is 12.4 Å². The maximum Gasteiger partial charge on any atom is 0.147 e. The van der Waals surface area contributed by atoms with Gasteiger partial charge in [-0.1, -0.05) is 6.42 Å². The Morgan fingerprint density at radius 3 is 2.65 bits per heavy atom. The van der Waals surface area contributed by atoms with Crippen LogP contribution in [0.15, 0.2) is 24.5 Å². The molecule has 0 spiro atoms. The van der Waals surface area contributed by atoms with Crippen molar-refractivity contribution in [3.05, 3.63) is 47.2 Å². The molecular formula is C15H19N5. The molecule has 104 valence electrons. The predicted octanol–water partition coefficient (Wildman–Crippen LogP) is 2.02. The first-order valence-corrected chi connectivity index (χ1v) is 7.11. The average molecular weight is 269 g/mol. The van der Waals surface area contributed by atoms with Gasteiger partial charge in [0, 0.05) is 30.1 Å². The molecular weight excluding hydrogens is 250 g/mol. The largest absolute Gasteiger partial charge is 0.308 e. The summed E-state index contributed by atoms with van der Waals surface area (Å²) in [6.45, 7) is 0. The minimum Gasteiger partial charge on any atom is -0.308 e. The maximum absolute atomic E-state index is 5.64. The number of fused-ring (bicyclic) bond motifs is 1. The molecule has 0 saturated carbocycles. The fourth-order valence-corrected chi connectivity index (χ4v) is 2.70. The van der Waals surface area contributed by atoms with Crippen molar-refractivity contribution in [2.75, 3.05) is 5.43 Å². The molecule has 0 atom stereocenters. The molecule has 2 heterocycles. The van der Waals surface area contributed by atoms with Crippen molar-refractivity contribution in [3.8, 4) is 0 Å². The molecule has 3 N–H and O–H groups in total. The van der Waals surface area contributed by atoms with E-state index in [1.165, 1.54) is 24.8 Å². The van der Waals surface area contributed by atoms with Gasteiger partial charge < -0.3 is 5.43 Å². The van der Waals surface area contributed by atoms with E-state index in [0.29, 0.717) is 6.42 Å². The van der Waals surface area contributed by atoms with Crippen LogP contribution in [-0.2, 0) is 19.3 Å². The van der Waals surface area contributed by atoms with Crippen LogP contribution in [0.1, 0.15) is 41.9 Å². The van der Waals surface area contributed by atoms with Gasteiger partial charge in [0.15, 0.2) is 0 Å². The van der Waals surface area contributed by atoms with Crippen LogP contribution < -0.4 is 11.3 Å². The minimum atomic E-state index is 0.713. The highest BCUT2D eigenvalue weighted by atomic mass is 15.3. The summed E-state index contributed by atoms with van der Waals surface area (Å²) in [5.41, 5.74) is 6.27. The molecule has 2 aromatic heterocycles. The molecule has 3 rings (SSSR count). The van der Waals surface area contributed by atoms with Crippen molar-refractivity contribution in [2.24, 2.45) is 5.84 Å². The molecule has 0 saturated heterocycles.